The van der Waals surface area contributed by atoms with Gasteiger partial charge in [0.25, 0.3) is 0 Å². The molecule has 0 spiro atoms. The summed E-state index contributed by atoms with van der Waals surface area (Å²) in [4.78, 5) is 8.47. The molecule has 1 aliphatic rings. The van der Waals surface area contributed by atoms with Gasteiger partial charge < -0.3 is 10.5 Å². The fourth-order valence-electron chi connectivity index (χ4n) is 1.88. The number of nitrogens with zero attached hydrogens (tertiary/aromatic N) is 4. The monoisotopic (exact) mass is 245 g/mol. The van der Waals surface area contributed by atoms with Gasteiger partial charge in [-0.1, -0.05) is 0 Å². The molecular formula is C12H15N5O. The Morgan fingerprint density at radius 3 is 3.00 bits per heavy atom. The molecule has 2 aromatic rings. The lowest BCUT2D eigenvalue weighted by Gasteiger charge is -2.05. The largest absolute Gasteiger partial charge is 0.384 e. The minimum absolute atomic E-state index is 0.342. The lowest BCUT2D eigenvalue weighted by molar-refractivity contribution is 0.178. The van der Waals surface area contributed by atoms with Crippen LogP contribution in [0.15, 0.2) is 18.3 Å². The van der Waals surface area contributed by atoms with Crippen molar-refractivity contribution in [1.29, 1.82) is 0 Å². The SMILES string of the molecule is COCc1nc(N)cc(-n2ccc(C3CC3)n2)n1. The zero-order chi connectivity index (χ0) is 12.5. The maximum Gasteiger partial charge on any atom is 0.159 e. The fraction of sp³-hybridized carbons (Fsp3) is 0.417. The van der Waals surface area contributed by atoms with Crippen LogP contribution in [-0.2, 0) is 11.3 Å². The molecule has 94 valence electrons. The second-order valence-corrected chi connectivity index (χ2v) is 4.46. The van der Waals surface area contributed by atoms with Crippen molar-refractivity contribution >= 4 is 5.82 Å². The zero-order valence-electron chi connectivity index (χ0n) is 10.2. The predicted octanol–water partition coefficient (Wildman–Crippen LogP) is 1.27. The molecule has 2 heterocycles. The summed E-state index contributed by atoms with van der Waals surface area (Å²) in [5.74, 6) is 2.30. The molecule has 0 amide bonds. The summed E-state index contributed by atoms with van der Waals surface area (Å²) in [5, 5.41) is 4.51. The molecule has 0 aliphatic heterocycles. The van der Waals surface area contributed by atoms with E-state index in [1.54, 1.807) is 17.9 Å². The highest BCUT2D eigenvalue weighted by molar-refractivity contribution is 5.37. The van der Waals surface area contributed by atoms with Gasteiger partial charge in [0.1, 0.15) is 12.4 Å². The van der Waals surface area contributed by atoms with E-state index in [1.165, 1.54) is 12.8 Å². The van der Waals surface area contributed by atoms with E-state index in [0.29, 0.717) is 30.0 Å². The van der Waals surface area contributed by atoms with Crippen LogP contribution in [0.3, 0.4) is 0 Å². The van der Waals surface area contributed by atoms with E-state index in [0.717, 1.165) is 5.69 Å². The van der Waals surface area contributed by atoms with E-state index in [-0.39, 0.29) is 0 Å². The zero-order valence-corrected chi connectivity index (χ0v) is 10.2. The Morgan fingerprint density at radius 2 is 2.28 bits per heavy atom. The average Bonchev–Trinajstić information content (AvgIpc) is 3.07. The van der Waals surface area contributed by atoms with E-state index in [2.05, 4.69) is 15.1 Å². The van der Waals surface area contributed by atoms with Gasteiger partial charge in [0, 0.05) is 25.3 Å². The molecular weight excluding hydrogens is 230 g/mol. The topological polar surface area (TPSA) is 78.9 Å². The first-order valence-electron chi connectivity index (χ1n) is 5.94. The molecule has 0 saturated heterocycles. The summed E-state index contributed by atoms with van der Waals surface area (Å²) in [5.41, 5.74) is 6.88. The Bertz CT molecular complexity index is 561. The summed E-state index contributed by atoms with van der Waals surface area (Å²) >= 11 is 0. The third-order valence-electron chi connectivity index (χ3n) is 2.89. The van der Waals surface area contributed by atoms with Crippen molar-refractivity contribution in [3.05, 3.63) is 29.8 Å². The standard InChI is InChI=1S/C12H15N5O/c1-18-7-11-14-10(13)6-12(15-11)17-5-4-9(16-17)8-2-3-8/h4-6,8H,2-3,7H2,1H3,(H2,13,14,15). The van der Waals surface area contributed by atoms with Crippen LogP contribution in [0.2, 0.25) is 0 Å². The highest BCUT2D eigenvalue weighted by atomic mass is 16.5. The molecule has 2 N–H and O–H groups in total. The minimum Gasteiger partial charge on any atom is -0.384 e. The first kappa shape index (κ1) is 11.2. The highest BCUT2D eigenvalue weighted by Gasteiger charge is 2.26. The van der Waals surface area contributed by atoms with Crippen LogP contribution in [0.4, 0.5) is 5.82 Å². The Morgan fingerprint density at radius 1 is 1.44 bits per heavy atom. The van der Waals surface area contributed by atoms with E-state index < -0.39 is 0 Å². The van der Waals surface area contributed by atoms with Gasteiger partial charge in [-0.25, -0.2) is 14.6 Å². The van der Waals surface area contributed by atoms with E-state index in [9.17, 15) is 0 Å². The fourth-order valence-corrected chi connectivity index (χ4v) is 1.88. The summed E-state index contributed by atoms with van der Waals surface area (Å²) < 4.78 is 6.76. The number of aromatic nitrogens is 4. The maximum absolute atomic E-state index is 5.76. The average molecular weight is 245 g/mol. The van der Waals surface area contributed by atoms with Gasteiger partial charge in [-0.05, 0) is 18.9 Å². The van der Waals surface area contributed by atoms with Gasteiger partial charge in [0.15, 0.2) is 11.6 Å². The van der Waals surface area contributed by atoms with Gasteiger partial charge >= 0.3 is 0 Å². The van der Waals surface area contributed by atoms with Crippen molar-refractivity contribution in [2.75, 3.05) is 12.8 Å². The van der Waals surface area contributed by atoms with Crippen LogP contribution in [0, 0.1) is 0 Å². The Hall–Kier alpha value is -1.95. The third kappa shape index (κ3) is 2.19. The molecule has 3 rings (SSSR count). The highest BCUT2D eigenvalue weighted by Crippen LogP contribution is 2.38. The molecule has 2 aromatic heterocycles. The number of hydrogen-bond acceptors (Lipinski definition) is 5. The minimum atomic E-state index is 0.342. The maximum atomic E-state index is 5.76. The summed E-state index contributed by atoms with van der Waals surface area (Å²) in [6, 6.07) is 3.74. The summed E-state index contributed by atoms with van der Waals surface area (Å²) in [6.45, 7) is 0.342. The van der Waals surface area contributed by atoms with Gasteiger partial charge in [0.2, 0.25) is 0 Å². The van der Waals surface area contributed by atoms with Crippen molar-refractivity contribution in [1.82, 2.24) is 19.7 Å². The number of methoxy groups -OCH3 is 1. The van der Waals surface area contributed by atoms with Crippen LogP contribution in [0.1, 0.15) is 30.3 Å². The third-order valence-corrected chi connectivity index (χ3v) is 2.89. The van der Waals surface area contributed by atoms with Crippen molar-refractivity contribution in [3.8, 4) is 5.82 Å². The number of ether oxygens (including phenoxy) is 1. The lowest BCUT2D eigenvalue weighted by atomic mass is 10.3. The van der Waals surface area contributed by atoms with E-state index in [1.807, 2.05) is 12.3 Å². The van der Waals surface area contributed by atoms with Crippen molar-refractivity contribution in [2.45, 2.75) is 25.4 Å². The molecule has 0 aromatic carbocycles. The first-order chi connectivity index (χ1) is 8.76. The van der Waals surface area contributed by atoms with Gasteiger partial charge in [0.05, 0.1) is 5.69 Å². The predicted molar refractivity (Wildman–Crippen MR) is 66.3 cm³/mol. The molecule has 18 heavy (non-hydrogen) atoms. The number of anilines is 1. The molecule has 1 saturated carbocycles. The molecule has 6 nitrogen and oxygen atoms in total. The number of rotatable bonds is 4. The molecule has 1 aliphatic carbocycles. The lowest BCUT2D eigenvalue weighted by Crippen LogP contribution is -2.07. The molecule has 0 radical (unpaired) electrons. The second kappa shape index (κ2) is 4.38. The van der Waals surface area contributed by atoms with Gasteiger partial charge in [-0.3, -0.25) is 0 Å². The smallest absolute Gasteiger partial charge is 0.159 e. The van der Waals surface area contributed by atoms with Gasteiger partial charge in [-0.15, -0.1) is 0 Å². The Balaban J connectivity index is 1.93. The Labute approximate surface area is 105 Å². The molecule has 0 unspecified atom stereocenters. The Kier molecular flexibility index (Phi) is 2.71. The van der Waals surface area contributed by atoms with Crippen LogP contribution in [0.25, 0.3) is 5.82 Å². The molecule has 0 atom stereocenters. The quantitative estimate of drug-likeness (QED) is 0.877. The summed E-state index contributed by atoms with van der Waals surface area (Å²) in [6.07, 6.45) is 4.38. The normalized spacial score (nSPS) is 14.9. The van der Waals surface area contributed by atoms with Gasteiger partial charge in [-0.2, -0.15) is 5.10 Å². The van der Waals surface area contributed by atoms with E-state index in [4.69, 9.17) is 10.5 Å². The van der Waals surface area contributed by atoms with Crippen molar-refractivity contribution in [2.24, 2.45) is 0 Å². The number of nitrogen functional groups attached to an aromatic ring is 1. The van der Waals surface area contributed by atoms with Crippen molar-refractivity contribution in [3.63, 3.8) is 0 Å². The number of nitrogens with two attached hydrogens (primary N) is 1. The van der Waals surface area contributed by atoms with Crippen LogP contribution < -0.4 is 5.73 Å². The molecule has 1 fully saturated rings. The number of hydrogen-bond donors (Lipinski definition) is 1. The van der Waals surface area contributed by atoms with Crippen LogP contribution in [-0.4, -0.2) is 26.9 Å². The molecule has 6 heteroatoms. The summed E-state index contributed by atoms with van der Waals surface area (Å²) in [7, 11) is 1.60. The van der Waals surface area contributed by atoms with Crippen LogP contribution >= 0.6 is 0 Å². The molecule has 0 bridgehead atoms. The first-order valence-corrected chi connectivity index (χ1v) is 5.94. The second-order valence-electron chi connectivity index (χ2n) is 4.46. The van der Waals surface area contributed by atoms with E-state index >= 15 is 0 Å². The van der Waals surface area contributed by atoms with Crippen molar-refractivity contribution < 1.29 is 4.74 Å². The van der Waals surface area contributed by atoms with Crippen LogP contribution in [0.5, 0.6) is 0 Å².